The molecule has 1 fully saturated rings. The Morgan fingerprint density at radius 1 is 1.50 bits per heavy atom. The SMILES string of the molecule is COc1ccc(C2C(C(=O)O)CCC(=O)N2C)cc1F. The monoisotopic (exact) mass is 281 g/mol. The van der Waals surface area contributed by atoms with Gasteiger partial charge in [-0.15, -0.1) is 0 Å². The first kappa shape index (κ1) is 14.3. The molecule has 1 aliphatic heterocycles. The van der Waals surface area contributed by atoms with Gasteiger partial charge in [-0.3, -0.25) is 9.59 Å². The van der Waals surface area contributed by atoms with Crippen LogP contribution >= 0.6 is 0 Å². The second-order valence-electron chi connectivity index (χ2n) is 4.83. The highest BCUT2D eigenvalue weighted by atomic mass is 19.1. The minimum atomic E-state index is -0.981. The van der Waals surface area contributed by atoms with Crippen LogP contribution in [-0.2, 0) is 9.59 Å². The smallest absolute Gasteiger partial charge is 0.308 e. The minimum absolute atomic E-state index is 0.0883. The van der Waals surface area contributed by atoms with Gasteiger partial charge >= 0.3 is 5.97 Å². The number of hydrogen-bond acceptors (Lipinski definition) is 3. The molecule has 108 valence electrons. The predicted octanol–water partition coefficient (Wildman–Crippen LogP) is 1.83. The van der Waals surface area contributed by atoms with E-state index in [4.69, 9.17) is 4.74 Å². The predicted molar refractivity (Wildman–Crippen MR) is 68.8 cm³/mol. The standard InChI is InChI=1S/C14H16FNO4/c1-16-12(17)6-4-9(14(18)19)13(16)8-3-5-11(20-2)10(15)7-8/h3,5,7,9,13H,4,6H2,1-2H3,(H,18,19). The number of methoxy groups -OCH3 is 1. The first-order chi connectivity index (χ1) is 9.45. The van der Waals surface area contributed by atoms with Crippen LogP contribution in [0.1, 0.15) is 24.4 Å². The summed E-state index contributed by atoms with van der Waals surface area (Å²) in [7, 11) is 2.90. The van der Waals surface area contributed by atoms with Crippen molar-refractivity contribution in [2.24, 2.45) is 5.92 Å². The van der Waals surface area contributed by atoms with Crippen LogP contribution in [0.5, 0.6) is 5.75 Å². The van der Waals surface area contributed by atoms with E-state index in [1.807, 2.05) is 0 Å². The van der Waals surface area contributed by atoms with E-state index in [0.717, 1.165) is 0 Å². The van der Waals surface area contributed by atoms with Crippen LogP contribution in [-0.4, -0.2) is 36.0 Å². The molecule has 0 radical (unpaired) electrons. The summed E-state index contributed by atoms with van der Waals surface area (Å²) in [5.74, 6) is -2.33. The molecule has 1 saturated heterocycles. The van der Waals surface area contributed by atoms with Crippen molar-refractivity contribution in [1.29, 1.82) is 0 Å². The highest BCUT2D eigenvalue weighted by Crippen LogP contribution is 2.37. The molecule has 0 bridgehead atoms. The molecule has 2 rings (SSSR count). The number of carboxylic acid groups (broad SMARTS) is 1. The van der Waals surface area contributed by atoms with Gasteiger partial charge in [0.1, 0.15) is 0 Å². The Hall–Kier alpha value is -2.11. The fraction of sp³-hybridized carbons (Fsp3) is 0.429. The normalized spacial score (nSPS) is 22.8. The van der Waals surface area contributed by atoms with Crippen molar-refractivity contribution in [3.05, 3.63) is 29.6 Å². The second kappa shape index (κ2) is 5.48. The number of rotatable bonds is 3. The summed E-state index contributed by atoms with van der Waals surface area (Å²) in [5.41, 5.74) is 0.464. The molecule has 5 nitrogen and oxygen atoms in total. The van der Waals surface area contributed by atoms with E-state index in [1.165, 1.54) is 24.1 Å². The van der Waals surface area contributed by atoms with Crippen LogP contribution < -0.4 is 4.74 Å². The number of ether oxygens (including phenoxy) is 1. The Balaban J connectivity index is 2.42. The lowest BCUT2D eigenvalue weighted by atomic mass is 9.84. The summed E-state index contributed by atoms with van der Waals surface area (Å²) in [5, 5.41) is 9.29. The van der Waals surface area contributed by atoms with E-state index in [0.29, 0.717) is 5.56 Å². The molecule has 0 aliphatic carbocycles. The van der Waals surface area contributed by atoms with Crippen molar-refractivity contribution in [2.45, 2.75) is 18.9 Å². The van der Waals surface area contributed by atoms with Gasteiger partial charge in [0.2, 0.25) is 5.91 Å². The number of carbonyl (C=O) groups is 2. The quantitative estimate of drug-likeness (QED) is 0.918. The zero-order valence-corrected chi connectivity index (χ0v) is 11.3. The molecule has 1 N–H and O–H groups in total. The fourth-order valence-electron chi connectivity index (χ4n) is 2.62. The number of aliphatic carboxylic acids is 1. The molecular formula is C14H16FNO4. The maximum atomic E-state index is 13.8. The van der Waals surface area contributed by atoms with E-state index in [2.05, 4.69) is 0 Å². The Morgan fingerprint density at radius 2 is 2.20 bits per heavy atom. The lowest BCUT2D eigenvalue weighted by Crippen LogP contribution is -2.43. The van der Waals surface area contributed by atoms with Crippen molar-refractivity contribution in [3.63, 3.8) is 0 Å². The van der Waals surface area contributed by atoms with Crippen LogP contribution in [0, 0.1) is 11.7 Å². The third-order valence-electron chi connectivity index (χ3n) is 3.70. The van der Waals surface area contributed by atoms with Gasteiger partial charge in [0, 0.05) is 13.5 Å². The molecule has 2 atom stereocenters. The zero-order chi connectivity index (χ0) is 14.9. The van der Waals surface area contributed by atoms with Crippen molar-refractivity contribution in [2.75, 3.05) is 14.2 Å². The van der Waals surface area contributed by atoms with Gasteiger partial charge in [0.25, 0.3) is 0 Å². The Bertz CT molecular complexity index is 546. The molecule has 0 spiro atoms. The molecule has 1 amide bonds. The van der Waals surface area contributed by atoms with Gasteiger partial charge in [-0.1, -0.05) is 6.07 Å². The number of halogens is 1. The van der Waals surface area contributed by atoms with E-state index in [-0.39, 0.29) is 24.5 Å². The van der Waals surface area contributed by atoms with Crippen molar-refractivity contribution in [3.8, 4) is 5.75 Å². The van der Waals surface area contributed by atoms with Gasteiger partial charge in [-0.2, -0.15) is 0 Å². The van der Waals surface area contributed by atoms with Gasteiger partial charge in [0.05, 0.1) is 19.1 Å². The van der Waals surface area contributed by atoms with Crippen LogP contribution in [0.3, 0.4) is 0 Å². The van der Waals surface area contributed by atoms with E-state index >= 15 is 0 Å². The number of hydrogen-bond donors (Lipinski definition) is 1. The van der Waals surface area contributed by atoms with Crippen LogP contribution in [0.4, 0.5) is 4.39 Å². The topological polar surface area (TPSA) is 66.8 Å². The van der Waals surface area contributed by atoms with Gasteiger partial charge < -0.3 is 14.7 Å². The maximum absolute atomic E-state index is 13.8. The first-order valence-electron chi connectivity index (χ1n) is 6.27. The molecule has 1 aliphatic rings. The maximum Gasteiger partial charge on any atom is 0.308 e. The number of piperidine rings is 1. The zero-order valence-electron chi connectivity index (χ0n) is 11.3. The Kier molecular flexibility index (Phi) is 3.92. The number of nitrogens with zero attached hydrogens (tertiary/aromatic N) is 1. The summed E-state index contributed by atoms with van der Waals surface area (Å²) in [6, 6.07) is 3.61. The van der Waals surface area contributed by atoms with Crippen molar-refractivity contribution >= 4 is 11.9 Å². The summed E-state index contributed by atoms with van der Waals surface area (Å²) in [4.78, 5) is 24.5. The van der Waals surface area contributed by atoms with Crippen molar-refractivity contribution in [1.82, 2.24) is 4.90 Å². The molecule has 1 aromatic carbocycles. The Morgan fingerprint density at radius 3 is 2.75 bits per heavy atom. The molecule has 1 aromatic rings. The largest absolute Gasteiger partial charge is 0.494 e. The highest BCUT2D eigenvalue weighted by molar-refractivity contribution is 5.81. The van der Waals surface area contributed by atoms with Crippen LogP contribution in [0.2, 0.25) is 0 Å². The molecule has 2 unspecified atom stereocenters. The summed E-state index contributed by atoms with van der Waals surface area (Å²) >= 11 is 0. The second-order valence-corrected chi connectivity index (χ2v) is 4.83. The molecule has 6 heteroatoms. The first-order valence-corrected chi connectivity index (χ1v) is 6.27. The summed E-state index contributed by atoms with van der Waals surface area (Å²) in [6.45, 7) is 0. The Labute approximate surface area is 116 Å². The number of amides is 1. The third kappa shape index (κ3) is 2.45. The average Bonchev–Trinajstić information content (AvgIpc) is 2.41. The number of likely N-dealkylation sites (tertiary alicyclic amines) is 1. The van der Waals surface area contributed by atoms with Gasteiger partial charge in [-0.05, 0) is 24.1 Å². The fourth-order valence-corrected chi connectivity index (χ4v) is 2.62. The lowest BCUT2D eigenvalue weighted by molar-refractivity contribution is -0.150. The number of benzene rings is 1. The summed E-state index contributed by atoms with van der Waals surface area (Å²) < 4.78 is 18.6. The molecule has 1 heterocycles. The summed E-state index contributed by atoms with van der Waals surface area (Å²) in [6.07, 6.45) is 0.458. The number of carbonyl (C=O) groups excluding carboxylic acids is 1. The molecule has 0 aromatic heterocycles. The van der Waals surface area contributed by atoms with E-state index < -0.39 is 23.7 Å². The van der Waals surface area contributed by atoms with Crippen molar-refractivity contribution < 1.29 is 23.8 Å². The highest BCUT2D eigenvalue weighted by Gasteiger charge is 2.39. The minimum Gasteiger partial charge on any atom is -0.494 e. The third-order valence-corrected chi connectivity index (χ3v) is 3.70. The van der Waals surface area contributed by atoms with E-state index in [9.17, 15) is 19.1 Å². The van der Waals surface area contributed by atoms with Gasteiger partial charge in [0.15, 0.2) is 11.6 Å². The van der Waals surface area contributed by atoms with Crippen LogP contribution in [0.15, 0.2) is 18.2 Å². The lowest BCUT2D eigenvalue weighted by Gasteiger charge is -2.37. The molecule has 0 saturated carbocycles. The average molecular weight is 281 g/mol. The van der Waals surface area contributed by atoms with Gasteiger partial charge in [-0.25, -0.2) is 4.39 Å². The van der Waals surface area contributed by atoms with E-state index in [1.54, 1.807) is 13.1 Å². The molecule has 20 heavy (non-hydrogen) atoms. The van der Waals surface area contributed by atoms with Crippen LogP contribution in [0.25, 0.3) is 0 Å². The number of carboxylic acids is 1. The molecular weight excluding hydrogens is 265 g/mol.